The second kappa shape index (κ2) is 9.58. The zero-order valence-corrected chi connectivity index (χ0v) is 18.7. The Bertz CT molecular complexity index is 1210. The van der Waals surface area contributed by atoms with E-state index in [1.165, 1.54) is 0 Å². The number of amides is 2. The summed E-state index contributed by atoms with van der Waals surface area (Å²) in [7, 11) is -3.47. The number of carbonyl (C=O) groups excluding carboxylic acids is 2. The maximum Gasteiger partial charge on any atom is 0.286 e. The third kappa shape index (κ3) is 5.38. The molecule has 0 saturated carbocycles. The van der Waals surface area contributed by atoms with Gasteiger partial charge >= 0.3 is 0 Å². The summed E-state index contributed by atoms with van der Waals surface area (Å²) in [4.78, 5) is 23.2. The molecule has 4 rings (SSSR count). The van der Waals surface area contributed by atoms with Gasteiger partial charge in [0.05, 0.1) is 15.9 Å². The van der Waals surface area contributed by atoms with Gasteiger partial charge in [-0.15, -0.1) is 0 Å². The Kier molecular flexibility index (Phi) is 6.62. The summed E-state index contributed by atoms with van der Waals surface area (Å²) in [5.41, 5.74) is 2.88. The third-order valence-corrected chi connectivity index (χ3v) is 7.73. The average Bonchev–Trinajstić information content (AvgIpc) is 3.12. The molecule has 6 nitrogen and oxygen atoms in total. The maximum atomic E-state index is 12.6. The van der Waals surface area contributed by atoms with Crippen LogP contribution in [0.2, 0.25) is 0 Å². The number of rotatable bonds is 8. The van der Waals surface area contributed by atoms with Crippen molar-refractivity contribution in [3.63, 3.8) is 0 Å². The van der Waals surface area contributed by atoms with Gasteiger partial charge in [-0.1, -0.05) is 66.4 Å². The highest BCUT2D eigenvalue weighted by molar-refractivity contribution is 8.15. The summed E-state index contributed by atoms with van der Waals surface area (Å²) >= 11 is 0.989. The fourth-order valence-electron chi connectivity index (χ4n) is 3.34. The van der Waals surface area contributed by atoms with Gasteiger partial charge in [0.25, 0.3) is 5.24 Å². The number of sulfone groups is 1. The number of nitrogens with one attached hydrogen (secondary N) is 1. The molecule has 1 fully saturated rings. The molecule has 1 heterocycles. The molecule has 1 N–H and O–H groups in total. The first kappa shape index (κ1) is 22.1. The minimum Gasteiger partial charge on any atom is -0.493 e. The third-order valence-electron chi connectivity index (χ3n) is 5.05. The SMILES string of the molecule is O=C1NC(=O)C(Cc2ccc(OCCS(=O)(=O)c3ccc(-c4ccccc4)cc3)cc2)S1. The van der Waals surface area contributed by atoms with Crippen molar-refractivity contribution in [3.8, 4) is 16.9 Å². The van der Waals surface area contributed by atoms with Gasteiger partial charge in [-0.25, -0.2) is 8.42 Å². The van der Waals surface area contributed by atoms with E-state index in [4.69, 9.17) is 4.74 Å². The Balaban J connectivity index is 1.30. The van der Waals surface area contributed by atoms with Gasteiger partial charge in [0.1, 0.15) is 12.4 Å². The smallest absolute Gasteiger partial charge is 0.286 e. The first-order valence-corrected chi connectivity index (χ1v) is 12.6. The van der Waals surface area contributed by atoms with Crippen LogP contribution in [0, 0.1) is 0 Å². The van der Waals surface area contributed by atoms with Crippen LogP contribution in [0.15, 0.2) is 83.8 Å². The maximum absolute atomic E-state index is 12.6. The Morgan fingerprint density at radius 2 is 1.50 bits per heavy atom. The second-order valence-corrected chi connectivity index (χ2v) is 10.6. The quantitative estimate of drug-likeness (QED) is 0.537. The van der Waals surface area contributed by atoms with Gasteiger partial charge in [0.2, 0.25) is 5.91 Å². The second-order valence-electron chi connectivity index (χ2n) is 7.29. The minimum absolute atomic E-state index is 0.0253. The Morgan fingerprint density at radius 1 is 0.844 bits per heavy atom. The van der Waals surface area contributed by atoms with Gasteiger partial charge in [-0.05, 0) is 47.4 Å². The highest BCUT2D eigenvalue weighted by atomic mass is 32.2. The van der Waals surface area contributed by atoms with Crippen LogP contribution in [-0.4, -0.2) is 37.2 Å². The first-order chi connectivity index (χ1) is 15.4. The van der Waals surface area contributed by atoms with E-state index in [2.05, 4.69) is 5.32 Å². The summed E-state index contributed by atoms with van der Waals surface area (Å²) in [6.45, 7) is 0.0253. The van der Waals surface area contributed by atoms with E-state index < -0.39 is 15.1 Å². The topological polar surface area (TPSA) is 89.5 Å². The molecule has 1 unspecified atom stereocenters. The van der Waals surface area contributed by atoms with Crippen molar-refractivity contribution in [1.29, 1.82) is 0 Å². The molecular formula is C24H21NO5S2. The number of benzene rings is 3. The fourth-order valence-corrected chi connectivity index (χ4v) is 5.28. The van der Waals surface area contributed by atoms with Gasteiger partial charge in [0.15, 0.2) is 9.84 Å². The number of hydrogen-bond acceptors (Lipinski definition) is 6. The number of hydrogen-bond donors (Lipinski definition) is 1. The molecule has 0 bridgehead atoms. The van der Waals surface area contributed by atoms with E-state index in [0.29, 0.717) is 12.2 Å². The molecule has 0 radical (unpaired) electrons. The lowest BCUT2D eigenvalue weighted by Crippen LogP contribution is -2.25. The zero-order chi connectivity index (χ0) is 22.6. The molecule has 32 heavy (non-hydrogen) atoms. The predicted molar refractivity (Wildman–Crippen MR) is 124 cm³/mol. The van der Waals surface area contributed by atoms with Crippen molar-refractivity contribution >= 4 is 32.7 Å². The van der Waals surface area contributed by atoms with Crippen LogP contribution in [0.1, 0.15) is 5.56 Å². The fraction of sp³-hybridized carbons (Fsp3) is 0.167. The lowest BCUT2D eigenvalue weighted by Gasteiger charge is -2.10. The van der Waals surface area contributed by atoms with E-state index in [0.717, 1.165) is 28.5 Å². The van der Waals surface area contributed by atoms with Crippen molar-refractivity contribution in [2.24, 2.45) is 0 Å². The highest BCUT2D eigenvalue weighted by Crippen LogP contribution is 2.24. The van der Waals surface area contributed by atoms with Crippen LogP contribution >= 0.6 is 11.8 Å². The molecule has 3 aromatic rings. The van der Waals surface area contributed by atoms with Crippen LogP contribution in [0.3, 0.4) is 0 Å². The molecule has 8 heteroatoms. The average molecular weight is 468 g/mol. The molecule has 3 aromatic carbocycles. The van der Waals surface area contributed by atoms with Crippen LogP contribution < -0.4 is 10.1 Å². The van der Waals surface area contributed by atoms with Crippen LogP contribution in [-0.2, 0) is 21.1 Å². The number of carbonyl (C=O) groups is 2. The minimum atomic E-state index is -3.47. The molecule has 2 amide bonds. The van der Waals surface area contributed by atoms with E-state index in [9.17, 15) is 18.0 Å². The number of thioether (sulfide) groups is 1. The Labute approximate surface area is 190 Å². The van der Waals surface area contributed by atoms with Crippen molar-refractivity contribution < 1.29 is 22.7 Å². The zero-order valence-electron chi connectivity index (χ0n) is 17.1. The van der Waals surface area contributed by atoms with E-state index >= 15 is 0 Å². The van der Waals surface area contributed by atoms with Crippen LogP contribution in [0.5, 0.6) is 5.75 Å². The monoisotopic (exact) mass is 467 g/mol. The lowest BCUT2D eigenvalue weighted by molar-refractivity contribution is -0.118. The van der Waals surface area contributed by atoms with Crippen molar-refractivity contribution in [2.75, 3.05) is 12.4 Å². The van der Waals surface area contributed by atoms with Crippen molar-refractivity contribution in [1.82, 2.24) is 5.32 Å². The summed E-state index contributed by atoms with van der Waals surface area (Å²) in [5.74, 6) is 0.130. The summed E-state index contributed by atoms with van der Waals surface area (Å²) < 4.78 is 30.9. The molecule has 1 saturated heterocycles. The molecule has 1 aliphatic rings. The normalized spacial score (nSPS) is 16.1. The molecule has 1 aliphatic heterocycles. The van der Waals surface area contributed by atoms with Crippen molar-refractivity contribution in [2.45, 2.75) is 16.6 Å². The van der Waals surface area contributed by atoms with E-state index in [-0.39, 0.29) is 28.4 Å². The Morgan fingerprint density at radius 3 is 2.12 bits per heavy atom. The highest BCUT2D eigenvalue weighted by Gasteiger charge is 2.31. The van der Waals surface area contributed by atoms with Crippen LogP contribution in [0.4, 0.5) is 4.79 Å². The van der Waals surface area contributed by atoms with Gasteiger partial charge < -0.3 is 4.74 Å². The predicted octanol–water partition coefficient (Wildman–Crippen LogP) is 4.10. The largest absolute Gasteiger partial charge is 0.493 e. The van der Waals surface area contributed by atoms with Crippen LogP contribution in [0.25, 0.3) is 11.1 Å². The molecule has 0 aliphatic carbocycles. The first-order valence-electron chi connectivity index (χ1n) is 10.0. The number of imide groups is 1. The lowest BCUT2D eigenvalue weighted by atomic mass is 10.1. The molecular weight excluding hydrogens is 446 g/mol. The molecule has 0 spiro atoms. The van der Waals surface area contributed by atoms with Gasteiger partial charge in [-0.3, -0.25) is 14.9 Å². The molecule has 0 aromatic heterocycles. The standard InChI is InChI=1S/C24H21NO5S2/c26-23-22(31-24(27)25-23)16-17-6-10-20(11-7-17)30-14-15-32(28,29)21-12-8-19(9-13-21)18-4-2-1-3-5-18/h1-13,22H,14-16H2,(H,25,26,27). The summed E-state index contributed by atoms with van der Waals surface area (Å²) in [5, 5.41) is 1.52. The Hall–Kier alpha value is -3.10. The summed E-state index contributed by atoms with van der Waals surface area (Å²) in [6, 6.07) is 23.7. The summed E-state index contributed by atoms with van der Waals surface area (Å²) in [6.07, 6.45) is 0.440. The van der Waals surface area contributed by atoms with Crippen molar-refractivity contribution in [3.05, 3.63) is 84.4 Å². The number of ether oxygens (including phenoxy) is 1. The van der Waals surface area contributed by atoms with Gasteiger partial charge in [-0.2, -0.15) is 0 Å². The molecule has 1 atom stereocenters. The van der Waals surface area contributed by atoms with Gasteiger partial charge in [0, 0.05) is 0 Å². The van der Waals surface area contributed by atoms with E-state index in [1.807, 2.05) is 42.5 Å². The molecule has 164 valence electrons. The van der Waals surface area contributed by atoms with E-state index in [1.54, 1.807) is 36.4 Å².